The maximum Gasteiger partial charge on any atom is 0.259 e. The summed E-state index contributed by atoms with van der Waals surface area (Å²) in [4.78, 5) is 22.5. The summed E-state index contributed by atoms with van der Waals surface area (Å²) in [6.07, 6.45) is 3.98. The standard InChI is InChI=1S/C23H21N3O4S/c27-20(14-7-10-29-11-8-14)21-19(18-6-3-9-30-18)25-23(31-21)26-22(28)16-12-15-4-1-2-5-17(15)24-13-16/h1-6,9,12-14,20,27H,7-8,10-11H2,(H,25,26,28). The summed E-state index contributed by atoms with van der Waals surface area (Å²) in [5.41, 5.74) is 1.83. The van der Waals surface area contributed by atoms with Gasteiger partial charge in [0.05, 0.1) is 28.3 Å². The van der Waals surface area contributed by atoms with E-state index in [1.807, 2.05) is 24.3 Å². The van der Waals surface area contributed by atoms with Crippen LogP contribution < -0.4 is 5.32 Å². The fourth-order valence-electron chi connectivity index (χ4n) is 3.79. The summed E-state index contributed by atoms with van der Waals surface area (Å²) in [7, 11) is 0. The van der Waals surface area contributed by atoms with Crippen LogP contribution in [0.3, 0.4) is 0 Å². The molecule has 1 aromatic carbocycles. The Morgan fingerprint density at radius 1 is 1.19 bits per heavy atom. The third kappa shape index (κ3) is 4.10. The SMILES string of the molecule is O=C(Nc1nc(-c2ccco2)c(C(O)C2CCOCC2)s1)c1cnc2ccccc2c1. The second kappa shape index (κ2) is 8.58. The number of ether oxygens (including phenoxy) is 1. The second-order valence-corrected chi connectivity index (χ2v) is 8.51. The van der Waals surface area contributed by atoms with Gasteiger partial charge in [0.1, 0.15) is 5.69 Å². The highest BCUT2D eigenvalue weighted by Gasteiger charge is 2.30. The van der Waals surface area contributed by atoms with Crippen molar-refractivity contribution in [3.8, 4) is 11.5 Å². The number of aliphatic hydroxyl groups excluding tert-OH is 1. The fraction of sp³-hybridized carbons (Fsp3) is 0.261. The normalized spacial score (nSPS) is 15.8. The van der Waals surface area contributed by atoms with Crippen molar-refractivity contribution in [2.45, 2.75) is 18.9 Å². The summed E-state index contributed by atoms with van der Waals surface area (Å²) in [6, 6.07) is 13.0. The Bertz CT molecular complexity index is 1200. The lowest BCUT2D eigenvalue weighted by Crippen LogP contribution is -2.21. The summed E-state index contributed by atoms with van der Waals surface area (Å²) in [5, 5.41) is 15.2. The number of nitrogens with zero attached hydrogens (tertiary/aromatic N) is 2. The van der Waals surface area contributed by atoms with Gasteiger partial charge in [0.25, 0.3) is 5.91 Å². The number of carbonyl (C=O) groups is 1. The Morgan fingerprint density at radius 3 is 2.84 bits per heavy atom. The van der Waals surface area contributed by atoms with Crippen molar-refractivity contribution in [2.24, 2.45) is 5.92 Å². The van der Waals surface area contributed by atoms with E-state index in [0.717, 1.165) is 23.7 Å². The van der Waals surface area contributed by atoms with E-state index in [-0.39, 0.29) is 11.8 Å². The first kappa shape index (κ1) is 19.9. The summed E-state index contributed by atoms with van der Waals surface area (Å²) >= 11 is 1.27. The molecule has 0 saturated carbocycles. The van der Waals surface area contributed by atoms with Crippen LogP contribution in [0.2, 0.25) is 0 Å². The highest BCUT2D eigenvalue weighted by molar-refractivity contribution is 7.16. The van der Waals surface area contributed by atoms with E-state index >= 15 is 0 Å². The third-order valence-corrected chi connectivity index (χ3v) is 6.50. The number of thiazole rings is 1. The zero-order valence-electron chi connectivity index (χ0n) is 16.7. The van der Waals surface area contributed by atoms with Gasteiger partial charge in [-0.25, -0.2) is 4.98 Å². The molecular weight excluding hydrogens is 414 g/mol. The van der Waals surface area contributed by atoms with Crippen molar-refractivity contribution in [1.29, 1.82) is 0 Å². The quantitative estimate of drug-likeness (QED) is 0.473. The average molecular weight is 436 g/mol. The molecule has 1 fully saturated rings. The zero-order chi connectivity index (χ0) is 21.2. The number of para-hydroxylation sites is 1. The molecule has 7 nitrogen and oxygen atoms in total. The molecule has 5 rings (SSSR count). The lowest BCUT2D eigenvalue weighted by atomic mass is 9.92. The van der Waals surface area contributed by atoms with Crippen molar-refractivity contribution >= 4 is 33.3 Å². The Morgan fingerprint density at radius 2 is 2.03 bits per heavy atom. The predicted octanol–water partition coefficient (Wildman–Crippen LogP) is 4.66. The van der Waals surface area contributed by atoms with Crippen LogP contribution in [0.4, 0.5) is 5.13 Å². The van der Waals surface area contributed by atoms with Gasteiger partial charge in [-0.15, -0.1) is 0 Å². The molecule has 1 atom stereocenters. The van der Waals surface area contributed by atoms with E-state index in [9.17, 15) is 9.90 Å². The van der Waals surface area contributed by atoms with Crippen molar-refractivity contribution in [3.63, 3.8) is 0 Å². The molecule has 1 saturated heterocycles. The number of carbonyl (C=O) groups excluding carboxylic acids is 1. The van der Waals surface area contributed by atoms with Gasteiger partial charge in [-0.2, -0.15) is 0 Å². The fourth-order valence-corrected chi connectivity index (χ4v) is 4.83. The van der Waals surface area contributed by atoms with E-state index < -0.39 is 6.10 Å². The molecule has 1 amide bonds. The summed E-state index contributed by atoms with van der Waals surface area (Å²) in [5.74, 6) is 0.339. The Hall–Kier alpha value is -3.07. The van der Waals surface area contributed by atoms with Crippen molar-refractivity contribution in [2.75, 3.05) is 18.5 Å². The maximum absolute atomic E-state index is 12.8. The van der Waals surface area contributed by atoms with Crippen LogP contribution in [0, 0.1) is 5.92 Å². The zero-order valence-corrected chi connectivity index (χ0v) is 17.5. The molecule has 8 heteroatoms. The first-order chi connectivity index (χ1) is 15.2. The molecule has 2 N–H and O–H groups in total. The lowest BCUT2D eigenvalue weighted by molar-refractivity contribution is 0.00862. The molecule has 4 heterocycles. The van der Waals surface area contributed by atoms with Gasteiger partial charge in [0.15, 0.2) is 10.9 Å². The Labute approximate surface area is 182 Å². The largest absolute Gasteiger partial charge is 0.463 e. The highest BCUT2D eigenvalue weighted by Crippen LogP contribution is 2.41. The number of benzene rings is 1. The number of hydrogen-bond acceptors (Lipinski definition) is 7. The van der Waals surface area contributed by atoms with Gasteiger partial charge in [0, 0.05) is 24.8 Å². The molecule has 31 heavy (non-hydrogen) atoms. The van der Waals surface area contributed by atoms with Gasteiger partial charge in [-0.3, -0.25) is 15.1 Å². The number of aromatic nitrogens is 2. The van der Waals surface area contributed by atoms with Gasteiger partial charge in [0.2, 0.25) is 0 Å². The minimum Gasteiger partial charge on any atom is -0.463 e. The molecule has 0 aliphatic carbocycles. The number of rotatable bonds is 5. The van der Waals surface area contributed by atoms with Gasteiger partial charge in [-0.1, -0.05) is 29.5 Å². The van der Waals surface area contributed by atoms with E-state index in [4.69, 9.17) is 9.15 Å². The molecular formula is C23H21N3O4S. The van der Waals surface area contributed by atoms with Crippen molar-refractivity contribution in [3.05, 3.63) is 65.4 Å². The minimum atomic E-state index is -0.700. The number of anilines is 1. The number of pyridine rings is 1. The smallest absolute Gasteiger partial charge is 0.259 e. The van der Waals surface area contributed by atoms with Crippen LogP contribution in [0.25, 0.3) is 22.4 Å². The monoisotopic (exact) mass is 435 g/mol. The van der Waals surface area contributed by atoms with Crippen LogP contribution in [-0.4, -0.2) is 34.2 Å². The number of hydrogen-bond donors (Lipinski definition) is 2. The van der Waals surface area contributed by atoms with Crippen LogP contribution in [0.5, 0.6) is 0 Å². The maximum atomic E-state index is 12.8. The Balaban J connectivity index is 1.44. The van der Waals surface area contributed by atoms with E-state index in [1.54, 1.807) is 30.7 Å². The number of nitrogens with one attached hydrogen (secondary N) is 1. The molecule has 1 aliphatic rings. The molecule has 0 bridgehead atoms. The van der Waals surface area contributed by atoms with E-state index in [2.05, 4.69) is 15.3 Å². The van der Waals surface area contributed by atoms with Crippen molar-refractivity contribution in [1.82, 2.24) is 9.97 Å². The average Bonchev–Trinajstić information content (AvgIpc) is 3.49. The first-order valence-electron chi connectivity index (χ1n) is 10.2. The number of furan rings is 1. The Kier molecular flexibility index (Phi) is 5.50. The molecule has 4 aromatic rings. The first-order valence-corrected chi connectivity index (χ1v) is 11.0. The molecule has 158 valence electrons. The third-order valence-electron chi connectivity index (χ3n) is 5.46. The second-order valence-electron chi connectivity index (χ2n) is 7.47. The highest BCUT2D eigenvalue weighted by atomic mass is 32.1. The molecule has 0 spiro atoms. The van der Waals surface area contributed by atoms with Gasteiger partial charge >= 0.3 is 0 Å². The van der Waals surface area contributed by atoms with Gasteiger partial charge in [-0.05, 0) is 43.0 Å². The molecule has 1 unspecified atom stereocenters. The summed E-state index contributed by atoms with van der Waals surface area (Å²) < 4.78 is 11.0. The van der Waals surface area contributed by atoms with Crippen LogP contribution in [-0.2, 0) is 4.74 Å². The number of fused-ring (bicyclic) bond motifs is 1. The molecule has 0 radical (unpaired) electrons. The predicted molar refractivity (Wildman–Crippen MR) is 118 cm³/mol. The minimum absolute atomic E-state index is 0.0798. The topological polar surface area (TPSA) is 97.5 Å². The van der Waals surface area contributed by atoms with Crippen LogP contribution in [0.1, 0.15) is 34.2 Å². The summed E-state index contributed by atoms with van der Waals surface area (Å²) in [6.45, 7) is 1.27. The van der Waals surface area contributed by atoms with E-state index in [0.29, 0.717) is 40.2 Å². The van der Waals surface area contributed by atoms with Crippen LogP contribution in [0.15, 0.2) is 59.3 Å². The molecule has 1 aliphatic heterocycles. The van der Waals surface area contributed by atoms with Crippen molar-refractivity contribution < 1.29 is 19.1 Å². The number of aliphatic hydroxyl groups is 1. The van der Waals surface area contributed by atoms with Gasteiger partial charge < -0.3 is 14.3 Å². The lowest BCUT2D eigenvalue weighted by Gasteiger charge is -2.26. The van der Waals surface area contributed by atoms with E-state index in [1.165, 1.54) is 11.3 Å². The van der Waals surface area contributed by atoms with Crippen LogP contribution >= 0.6 is 11.3 Å². The molecule has 3 aromatic heterocycles. The number of amides is 1.